The summed E-state index contributed by atoms with van der Waals surface area (Å²) in [5.41, 5.74) is 0.0167. The van der Waals surface area contributed by atoms with Crippen LogP contribution in [0.15, 0.2) is 0 Å². The fourth-order valence-electron chi connectivity index (χ4n) is 1.72. The van der Waals surface area contributed by atoms with E-state index < -0.39 is 0 Å². The molecule has 72 valence electrons. The van der Waals surface area contributed by atoms with Crippen molar-refractivity contribution in [3.05, 3.63) is 0 Å². The quantitative estimate of drug-likeness (QED) is 0.597. The Morgan fingerprint density at radius 3 is 2.50 bits per heavy atom. The van der Waals surface area contributed by atoms with E-state index in [1.165, 1.54) is 19.4 Å². The molecule has 1 rings (SSSR count). The molecule has 1 fully saturated rings. The molecule has 0 aromatic carbocycles. The SMILES string of the molecule is CN1CCC[C@@H](OC(C)(C)C)C1. The molecular weight excluding hydrogens is 150 g/mol. The summed E-state index contributed by atoms with van der Waals surface area (Å²) in [7, 11) is 2.16. The lowest BCUT2D eigenvalue weighted by Gasteiger charge is -2.34. The summed E-state index contributed by atoms with van der Waals surface area (Å²) in [4.78, 5) is 2.35. The summed E-state index contributed by atoms with van der Waals surface area (Å²) < 4.78 is 5.91. The third-order valence-corrected chi connectivity index (χ3v) is 2.10. The summed E-state index contributed by atoms with van der Waals surface area (Å²) in [6.45, 7) is 8.70. The molecule has 0 aromatic heterocycles. The molecule has 2 heteroatoms. The van der Waals surface area contributed by atoms with E-state index in [1.54, 1.807) is 0 Å². The average molecular weight is 171 g/mol. The van der Waals surface area contributed by atoms with Gasteiger partial charge in [-0.05, 0) is 47.2 Å². The van der Waals surface area contributed by atoms with Crippen LogP contribution in [0.2, 0.25) is 0 Å². The lowest BCUT2D eigenvalue weighted by atomic mass is 10.1. The summed E-state index contributed by atoms with van der Waals surface area (Å²) >= 11 is 0. The summed E-state index contributed by atoms with van der Waals surface area (Å²) in [6.07, 6.45) is 2.95. The van der Waals surface area contributed by atoms with Gasteiger partial charge in [-0.2, -0.15) is 0 Å². The molecule has 0 aliphatic carbocycles. The highest BCUT2D eigenvalue weighted by atomic mass is 16.5. The minimum absolute atomic E-state index is 0.0167. The average Bonchev–Trinajstić information content (AvgIpc) is 1.82. The normalized spacial score (nSPS) is 27.5. The van der Waals surface area contributed by atoms with Gasteiger partial charge in [0.1, 0.15) is 0 Å². The lowest BCUT2D eigenvalue weighted by molar-refractivity contribution is -0.0830. The second kappa shape index (κ2) is 3.75. The van der Waals surface area contributed by atoms with Crippen LogP contribution in [-0.4, -0.2) is 36.7 Å². The second-order valence-electron chi connectivity index (χ2n) is 4.76. The van der Waals surface area contributed by atoms with Crippen LogP contribution in [0.25, 0.3) is 0 Å². The first-order chi connectivity index (χ1) is 5.47. The van der Waals surface area contributed by atoms with Gasteiger partial charge >= 0.3 is 0 Å². The first-order valence-corrected chi connectivity index (χ1v) is 4.84. The molecule has 0 amide bonds. The van der Waals surface area contributed by atoms with Crippen molar-refractivity contribution in [3.8, 4) is 0 Å². The highest BCUT2D eigenvalue weighted by molar-refractivity contribution is 4.73. The highest BCUT2D eigenvalue weighted by Crippen LogP contribution is 2.18. The number of likely N-dealkylation sites (tertiary alicyclic amines) is 1. The third kappa shape index (κ3) is 3.55. The van der Waals surface area contributed by atoms with E-state index in [0.717, 1.165) is 6.54 Å². The smallest absolute Gasteiger partial charge is 0.0709 e. The van der Waals surface area contributed by atoms with Crippen molar-refractivity contribution in [1.82, 2.24) is 4.90 Å². The fraction of sp³-hybridized carbons (Fsp3) is 1.00. The van der Waals surface area contributed by atoms with Gasteiger partial charge in [-0.25, -0.2) is 0 Å². The maximum absolute atomic E-state index is 5.91. The van der Waals surface area contributed by atoms with Gasteiger partial charge in [-0.15, -0.1) is 0 Å². The van der Waals surface area contributed by atoms with E-state index >= 15 is 0 Å². The molecule has 0 spiro atoms. The zero-order valence-electron chi connectivity index (χ0n) is 8.76. The van der Waals surface area contributed by atoms with Crippen molar-refractivity contribution in [3.63, 3.8) is 0 Å². The van der Waals surface area contributed by atoms with Crippen molar-refractivity contribution in [2.24, 2.45) is 0 Å². The van der Waals surface area contributed by atoms with E-state index in [2.05, 4.69) is 32.7 Å². The van der Waals surface area contributed by atoms with Gasteiger partial charge in [0.2, 0.25) is 0 Å². The minimum atomic E-state index is 0.0167. The molecule has 0 unspecified atom stereocenters. The molecule has 0 N–H and O–H groups in total. The minimum Gasteiger partial charge on any atom is -0.371 e. The van der Waals surface area contributed by atoms with Gasteiger partial charge in [-0.3, -0.25) is 0 Å². The Labute approximate surface area is 75.9 Å². The van der Waals surface area contributed by atoms with Crippen LogP contribution in [0.4, 0.5) is 0 Å². The van der Waals surface area contributed by atoms with Crippen molar-refractivity contribution in [2.45, 2.75) is 45.3 Å². The zero-order chi connectivity index (χ0) is 9.19. The maximum Gasteiger partial charge on any atom is 0.0709 e. The van der Waals surface area contributed by atoms with Crippen LogP contribution in [0.3, 0.4) is 0 Å². The van der Waals surface area contributed by atoms with Gasteiger partial charge in [0.25, 0.3) is 0 Å². The number of likely N-dealkylation sites (N-methyl/N-ethyl adjacent to an activating group) is 1. The summed E-state index contributed by atoms with van der Waals surface area (Å²) in [6, 6.07) is 0. The number of nitrogens with zero attached hydrogens (tertiary/aromatic N) is 1. The van der Waals surface area contributed by atoms with Crippen LogP contribution >= 0.6 is 0 Å². The Balaban J connectivity index is 2.32. The molecule has 0 aromatic rings. The van der Waals surface area contributed by atoms with E-state index in [9.17, 15) is 0 Å². The number of hydrogen-bond acceptors (Lipinski definition) is 2. The molecule has 12 heavy (non-hydrogen) atoms. The largest absolute Gasteiger partial charge is 0.371 e. The van der Waals surface area contributed by atoms with E-state index in [4.69, 9.17) is 4.74 Å². The fourth-order valence-corrected chi connectivity index (χ4v) is 1.72. The Hall–Kier alpha value is -0.0800. The van der Waals surface area contributed by atoms with Gasteiger partial charge in [0.15, 0.2) is 0 Å². The van der Waals surface area contributed by atoms with Crippen LogP contribution in [0.1, 0.15) is 33.6 Å². The molecule has 1 aliphatic heterocycles. The second-order valence-corrected chi connectivity index (χ2v) is 4.76. The van der Waals surface area contributed by atoms with Crippen molar-refractivity contribution in [1.29, 1.82) is 0 Å². The maximum atomic E-state index is 5.91. The van der Waals surface area contributed by atoms with Crippen LogP contribution in [-0.2, 0) is 4.74 Å². The number of piperidine rings is 1. The number of hydrogen-bond donors (Lipinski definition) is 0. The molecule has 1 aliphatic rings. The van der Waals surface area contributed by atoms with Gasteiger partial charge < -0.3 is 9.64 Å². The predicted octanol–water partition coefficient (Wildman–Crippen LogP) is 1.90. The summed E-state index contributed by atoms with van der Waals surface area (Å²) in [5, 5.41) is 0. The Bertz CT molecular complexity index is 139. The topological polar surface area (TPSA) is 12.5 Å². The molecule has 0 bridgehead atoms. The van der Waals surface area contributed by atoms with Crippen molar-refractivity contribution < 1.29 is 4.74 Å². The monoisotopic (exact) mass is 171 g/mol. The molecule has 1 saturated heterocycles. The van der Waals surface area contributed by atoms with Crippen LogP contribution in [0, 0.1) is 0 Å². The van der Waals surface area contributed by atoms with E-state index in [1.807, 2.05) is 0 Å². The van der Waals surface area contributed by atoms with E-state index in [-0.39, 0.29) is 5.60 Å². The van der Waals surface area contributed by atoms with Gasteiger partial charge in [0.05, 0.1) is 11.7 Å². The standard InChI is InChI=1S/C10H21NO/c1-10(2,3)12-9-6-5-7-11(4)8-9/h9H,5-8H2,1-4H3/t9-/m1/s1. The van der Waals surface area contributed by atoms with Gasteiger partial charge in [0, 0.05) is 6.54 Å². The lowest BCUT2D eigenvalue weighted by Crippen LogP contribution is -2.40. The number of ether oxygens (including phenoxy) is 1. The Kier molecular flexibility index (Phi) is 3.13. The highest BCUT2D eigenvalue weighted by Gasteiger charge is 2.22. The van der Waals surface area contributed by atoms with Crippen molar-refractivity contribution >= 4 is 0 Å². The molecule has 0 radical (unpaired) electrons. The van der Waals surface area contributed by atoms with Gasteiger partial charge in [-0.1, -0.05) is 0 Å². The summed E-state index contributed by atoms with van der Waals surface area (Å²) in [5.74, 6) is 0. The first kappa shape index (κ1) is 10.0. The Morgan fingerprint density at radius 1 is 1.33 bits per heavy atom. The number of rotatable bonds is 1. The van der Waals surface area contributed by atoms with Crippen LogP contribution < -0.4 is 0 Å². The Morgan fingerprint density at radius 2 is 2.00 bits per heavy atom. The molecule has 1 heterocycles. The van der Waals surface area contributed by atoms with E-state index in [0.29, 0.717) is 6.10 Å². The third-order valence-electron chi connectivity index (χ3n) is 2.10. The van der Waals surface area contributed by atoms with Crippen LogP contribution in [0.5, 0.6) is 0 Å². The zero-order valence-corrected chi connectivity index (χ0v) is 8.76. The van der Waals surface area contributed by atoms with Crippen molar-refractivity contribution in [2.75, 3.05) is 20.1 Å². The first-order valence-electron chi connectivity index (χ1n) is 4.84. The molecule has 0 saturated carbocycles. The molecule has 2 nitrogen and oxygen atoms in total. The molecular formula is C10H21NO. The molecule has 1 atom stereocenters. The predicted molar refractivity (Wildman–Crippen MR) is 51.4 cm³/mol.